The maximum absolute atomic E-state index is 10.8. The second kappa shape index (κ2) is 14.8. The first-order valence-electron chi connectivity index (χ1n) is 8.34. The summed E-state index contributed by atoms with van der Waals surface area (Å²) in [5.41, 5.74) is 1.89. The van der Waals surface area contributed by atoms with E-state index in [2.05, 4.69) is 6.92 Å². The van der Waals surface area contributed by atoms with Crippen molar-refractivity contribution in [2.75, 3.05) is 0 Å². The van der Waals surface area contributed by atoms with E-state index in [1.54, 1.807) is 0 Å². The van der Waals surface area contributed by atoms with Crippen molar-refractivity contribution < 1.29 is 34.4 Å². The van der Waals surface area contributed by atoms with Crippen molar-refractivity contribution >= 4 is 6.29 Å². The SMILES string of the molecule is CCCCCCCCCCCCc1ccccc1[C-]=O.[Na+]. The number of benzene rings is 1. The van der Waals surface area contributed by atoms with Gasteiger partial charge < -0.3 is 4.79 Å². The Bertz CT molecular complexity index is 362. The van der Waals surface area contributed by atoms with E-state index in [4.69, 9.17) is 0 Å². The Morgan fingerprint density at radius 3 is 1.90 bits per heavy atom. The van der Waals surface area contributed by atoms with Crippen LogP contribution in [0.25, 0.3) is 0 Å². The van der Waals surface area contributed by atoms with Crippen LogP contribution in [0.4, 0.5) is 0 Å². The van der Waals surface area contributed by atoms with Crippen molar-refractivity contribution in [1.29, 1.82) is 0 Å². The van der Waals surface area contributed by atoms with Gasteiger partial charge in [0.15, 0.2) is 0 Å². The van der Waals surface area contributed by atoms with Gasteiger partial charge in [0, 0.05) is 0 Å². The van der Waals surface area contributed by atoms with E-state index in [-0.39, 0.29) is 29.6 Å². The molecule has 1 nitrogen and oxygen atoms in total. The minimum atomic E-state index is 0. The Morgan fingerprint density at radius 1 is 0.810 bits per heavy atom. The molecule has 0 unspecified atom stereocenters. The molecular formula is C19H29NaO. The first kappa shape index (κ1) is 20.9. The van der Waals surface area contributed by atoms with Crippen molar-refractivity contribution in [2.45, 2.75) is 77.6 Å². The van der Waals surface area contributed by atoms with Crippen LogP contribution in [0.2, 0.25) is 0 Å². The molecule has 2 heteroatoms. The van der Waals surface area contributed by atoms with Gasteiger partial charge in [-0.05, 0) is 0 Å². The van der Waals surface area contributed by atoms with Gasteiger partial charge in [-0.25, -0.2) is 0 Å². The third-order valence-corrected chi connectivity index (χ3v) is 3.93. The third kappa shape index (κ3) is 10.3. The van der Waals surface area contributed by atoms with Crippen LogP contribution in [0, 0.1) is 0 Å². The molecule has 0 aliphatic heterocycles. The van der Waals surface area contributed by atoms with Crippen LogP contribution in [0.15, 0.2) is 24.3 Å². The molecule has 0 amide bonds. The van der Waals surface area contributed by atoms with Crippen molar-refractivity contribution in [2.24, 2.45) is 0 Å². The molecule has 0 aliphatic carbocycles. The largest absolute Gasteiger partial charge is 1.00 e. The minimum absolute atomic E-state index is 0. The molecule has 0 atom stereocenters. The van der Waals surface area contributed by atoms with Gasteiger partial charge in [0.05, 0.1) is 6.29 Å². The molecule has 0 saturated carbocycles. The van der Waals surface area contributed by atoms with Gasteiger partial charge in [-0.2, -0.15) is 6.07 Å². The molecule has 0 bridgehead atoms. The summed E-state index contributed by atoms with van der Waals surface area (Å²) >= 11 is 0. The van der Waals surface area contributed by atoms with Gasteiger partial charge >= 0.3 is 29.6 Å². The molecule has 112 valence electrons. The summed E-state index contributed by atoms with van der Waals surface area (Å²) in [6.45, 7) is 2.26. The zero-order valence-corrected chi connectivity index (χ0v) is 16.0. The molecule has 0 spiro atoms. The second-order valence-electron chi connectivity index (χ2n) is 5.69. The summed E-state index contributed by atoms with van der Waals surface area (Å²) in [4.78, 5) is 10.8. The first-order valence-corrected chi connectivity index (χ1v) is 8.34. The Labute approximate surface area is 153 Å². The fourth-order valence-electron chi connectivity index (χ4n) is 2.64. The van der Waals surface area contributed by atoms with Gasteiger partial charge in [0.1, 0.15) is 0 Å². The van der Waals surface area contributed by atoms with E-state index >= 15 is 0 Å². The Balaban J connectivity index is 0.00000400. The van der Waals surface area contributed by atoms with Crippen molar-refractivity contribution in [1.82, 2.24) is 0 Å². The van der Waals surface area contributed by atoms with Crippen LogP contribution >= 0.6 is 0 Å². The first-order chi connectivity index (χ1) is 9.88. The molecule has 0 saturated heterocycles. The number of unbranched alkanes of at least 4 members (excludes halogenated alkanes) is 9. The third-order valence-electron chi connectivity index (χ3n) is 3.93. The Hall–Kier alpha value is -0.110. The number of carbonyl (C=O) groups excluding carboxylic acids is 1. The molecule has 0 heterocycles. The molecule has 0 N–H and O–H groups in total. The molecule has 21 heavy (non-hydrogen) atoms. The van der Waals surface area contributed by atoms with E-state index in [9.17, 15) is 4.79 Å². The molecule has 1 rings (SSSR count). The predicted molar refractivity (Wildman–Crippen MR) is 86.8 cm³/mol. The average molecular weight is 296 g/mol. The van der Waals surface area contributed by atoms with E-state index in [0.717, 1.165) is 17.5 Å². The maximum atomic E-state index is 10.8. The fraction of sp³-hybridized carbons (Fsp3) is 0.632. The minimum Gasteiger partial charge on any atom is -0.376 e. The second-order valence-corrected chi connectivity index (χ2v) is 5.69. The van der Waals surface area contributed by atoms with E-state index in [1.807, 2.05) is 30.6 Å². The van der Waals surface area contributed by atoms with E-state index < -0.39 is 0 Å². The molecule has 1 aromatic carbocycles. The molecule has 0 aliphatic rings. The molecule has 0 radical (unpaired) electrons. The van der Waals surface area contributed by atoms with Crippen LogP contribution < -0.4 is 29.6 Å². The van der Waals surface area contributed by atoms with Crippen LogP contribution in [-0.2, 0) is 11.2 Å². The number of hydrogen-bond acceptors (Lipinski definition) is 1. The zero-order valence-electron chi connectivity index (χ0n) is 14.0. The van der Waals surface area contributed by atoms with Crippen molar-refractivity contribution in [3.63, 3.8) is 0 Å². The van der Waals surface area contributed by atoms with Crippen LogP contribution in [0.1, 0.15) is 82.3 Å². The normalized spacial score (nSPS) is 10.1. The molecule has 1 aromatic rings. The van der Waals surface area contributed by atoms with Gasteiger partial charge in [0.2, 0.25) is 0 Å². The number of hydrogen-bond donors (Lipinski definition) is 0. The summed E-state index contributed by atoms with van der Waals surface area (Å²) < 4.78 is 0. The van der Waals surface area contributed by atoms with Gasteiger partial charge in [0.25, 0.3) is 0 Å². The van der Waals surface area contributed by atoms with Crippen LogP contribution in [-0.4, -0.2) is 6.29 Å². The van der Waals surface area contributed by atoms with Gasteiger partial charge in [-0.3, -0.25) is 0 Å². The van der Waals surface area contributed by atoms with Crippen molar-refractivity contribution in [3.05, 3.63) is 35.4 Å². The predicted octanol–water partition coefficient (Wildman–Crippen LogP) is 2.61. The van der Waals surface area contributed by atoms with Gasteiger partial charge in [-0.1, -0.05) is 83.6 Å². The standard InChI is InChI=1S/C19H29O.Na/c1-2-3-4-5-6-7-8-9-10-11-14-18-15-12-13-16-19(18)17-20;/h12-13,15-16H,2-11,14H2,1H3;/q-1;+1. The molecule has 0 aromatic heterocycles. The summed E-state index contributed by atoms with van der Waals surface area (Å²) in [5.74, 6) is 0. The maximum Gasteiger partial charge on any atom is 1.00 e. The number of rotatable bonds is 12. The molecular weight excluding hydrogens is 267 g/mol. The Morgan fingerprint density at radius 2 is 1.33 bits per heavy atom. The van der Waals surface area contributed by atoms with E-state index in [0.29, 0.717) is 0 Å². The van der Waals surface area contributed by atoms with E-state index in [1.165, 1.54) is 64.2 Å². The summed E-state index contributed by atoms with van der Waals surface area (Å²) in [6.07, 6.45) is 16.6. The average Bonchev–Trinajstić information content (AvgIpc) is 2.49. The summed E-state index contributed by atoms with van der Waals surface area (Å²) in [7, 11) is 0. The zero-order chi connectivity index (χ0) is 14.5. The smallest absolute Gasteiger partial charge is 0.376 e. The monoisotopic (exact) mass is 296 g/mol. The Kier molecular flexibility index (Phi) is 14.7. The van der Waals surface area contributed by atoms with Gasteiger partial charge in [-0.15, -0.1) is 23.3 Å². The number of aryl methyl sites for hydroxylation is 1. The topological polar surface area (TPSA) is 17.1 Å². The summed E-state index contributed by atoms with van der Waals surface area (Å²) in [6, 6.07) is 7.82. The van der Waals surface area contributed by atoms with Crippen LogP contribution in [0.5, 0.6) is 0 Å². The van der Waals surface area contributed by atoms with Crippen molar-refractivity contribution in [3.8, 4) is 0 Å². The molecule has 0 fully saturated rings. The quantitative estimate of drug-likeness (QED) is 0.329. The summed E-state index contributed by atoms with van der Waals surface area (Å²) in [5, 5.41) is 0. The van der Waals surface area contributed by atoms with Crippen LogP contribution in [0.3, 0.4) is 0 Å². The fourth-order valence-corrected chi connectivity index (χ4v) is 2.64.